The fourth-order valence-corrected chi connectivity index (χ4v) is 2.83. The second-order valence-electron chi connectivity index (χ2n) is 5.93. The molecule has 1 aromatic rings. The van der Waals surface area contributed by atoms with Crippen molar-refractivity contribution in [2.75, 3.05) is 20.1 Å². The van der Waals surface area contributed by atoms with Gasteiger partial charge in [0.05, 0.1) is 6.54 Å². The van der Waals surface area contributed by atoms with E-state index in [-0.39, 0.29) is 0 Å². The van der Waals surface area contributed by atoms with Gasteiger partial charge in [-0.25, -0.2) is 9.67 Å². The van der Waals surface area contributed by atoms with Crippen molar-refractivity contribution in [2.45, 2.75) is 52.2 Å². The monoisotopic (exact) mass is 265 g/mol. The predicted molar refractivity (Wildman–Crippen MR) is 76.8 cm³/mol. The molecule has 1 saturated heterocycles. The number of piperidine rings is 1. The Morgan fingerprint density at radius 1 is 1.42 bits per heavy atom. The molecule has 0 bridgehead atoms. The third-order valence-corrected chi connectivity index (χ3v) is 3.77. The zero-order chi connectivity index (χ0) is 13.7. The lowest BCUT2D eigenvalue weighted by atomic mass is 10.0. The molecule has 1 aliphatic heterocycles. The molecule has 1 fully saturated rings. The summed E-state index contributed by atoms with van der Waals surface area (Å²) in [5, 5.41) is 7.67. The summed E-state index contributed by atoms with van der Waals surface area (Å²) in [6, 6.07) is 0.642. The first-order chi connectivity index (χ1) is 9.20. The first-order valence-corrected chi connectivity index (χ1v) is 7.46. The molecule has 1 N–H and O–H groups in total. The molecule has 0 aliphatic carbocycles. The fraction of sp³-hybridized carbons (Fsp3) is 0.857. The first-order valence-electron chi connectivity index (χ1n) is 7.46. The Hall–Kier alpha value is -0.940. The number of aromatic nitrogens is 3. The van der Waals surface area contributed by atoms with E-state index in [1.807, 2.05) is 7.05 Å². The third-order valence-electron chi connectivity index (χ3n) is 3.77. The molecular weight excluding hydrogens is 238 g/mol. The van der Waals surface area contributed by atoms with Gasteiger partial charge in [0.15, 0.2) is 0 Å². The van der Waals surface area contributed by atoms with Gasteiger partial charge in [0, 0.05) is 19.1 Å². The van der Waals surface area contributed by atoms with Crippen LogP contribution in [0.15, 0.2) is 6.33 Å². The highest BCUT2D eigenvalue weighted by molar-refractivity contribution is 4.89. The molecule has 1 unspecified atom stereocenters. The normalized spacial score (nSPS) is 21.2. The molecule has 0 spiro atoms. The molecule has 2 rings (SSSR count). The Morgan fingerprint density at radius 3 is 3.00 bits per heavy atom. The second kappa shape index (κ2) is 7.01. The Bertz CT molecular complexity index is 372. The summed E-state index contributed by atoms with van der Waals surface area (Å²) in [5.41, 5.74) is 0. The van der Waals surface area contributed by atoms with Crippen molar-refractivity contribution in [3.63, 3.8) is 0 Å². The van der Waals surface area contributed by atoms with Gasteiger partial charge in [0.2, 0.25) is 0 Å². The molecule has 108 valence electrons. The summed E-state index contributed by atoms with van der Waals surface area (Å²) in [6.45, 7) is 8.57. The maximum absolute atomic E-state index is 4.45. The summed E-state index contributed by atoms with van der Waals surface area (Å²) in [4.78, 5) is 7.00. The van der Waals surface area contributed by atoms with Crippen molar-refractivity contribution < 1.29 is 0 Å². The van der Waals surface area contributed by atoms with E-state index < -0.39 is 0 Å². The van der Waals surface area contributed by atoms with Gasteiger partial charge < -0.3 is 5.32 Å². The Morgan fingerprint density at radius 2 is 2.26 bits per heavy atom. The van der Waals surface area contributed by atoms with Crippen LogP contribution in [-0.4, -0.2) is 45.8 Å². The average Bonchev–Trinajstić information content (AvgIpc) is 2.79. The van der Waals surface area contributed by atoms with Crippen molar-refractivity contribution in [3.05, 3.63) is 12.2 Å². The number of rotatable bonds is 6. The van der Waals surface area contributed by atoms with Crippen LogP contribution in [0.4, 0.5) is 0 Å². The molecule has 5 heteroatoms. The van der Waals surface area contributed by atoms with Crippen LogP contribution in [0.3, 0.4) is 0 Å². The Labute approximate surface area is 116 Å². The van der Waals surface area contributed by atoms with Gasteiger partial charge in [-0.1, -0.05) is 20.3 Å². The maximum atomic E-state index is 4.45. The van der Waals surface area contributed by atoms with E-state index in [2.05, 4.69) is 38.8 Å². The molecule has 1 aliphatic rings. The molecule has 0 radical (unpaired) electrons. The SMILES string of the molecule is CNCC1CCCCN1Cc1ncnn1CC(C)C. The molecule has 1 atom stereocenters. The van der Waals surface area contributed by atoms with Crippen LogP contribution < -0.4 is 5.32 Å². The van der Waals surface area contributed by atoms with E-state index in [9.17, 15) is 0 Å². The minimum Gasteiger partial charge on any atom is -0.318 e. The van der Waals surface area contributed by atoms with Gasteiger partial charge in [-0.2, -0.15) is 5.10 Å². The average molecular weight is 265 g/mol. The highest BCUT2D eigenvalue weighted by Gasteiger charge is 2.23. The van der Waals surface area contributed by atoms with E-state index in [4.69, 9.17) is 0 Å². The lowest BCUT2D eigenvalue weighted by molar-refractivity contribution is 0.133. The summed E-state index contributed by atoms with van der Waals surface area (Å²) < 4.78 is 2.07. The highest BCUT2D eigenvalue weighted by atomic mass is 15.4. The van der Waals surface area contributed by atoms with E-state index in [0.29, 0.717) is 12.0 Å². The highest BCUT2D eigenvalue weighted by Crippen LogP contribution is 2.18. The molecule has 1 aromatic heterocycles. The zero-order valence-electron chi connectivity index (χ0n) is 12.5. The Kier molecular flexibility index (Phi) is 5.34. The van der Waals surface area contributed by atoms with E-state index in [0.717, 1.165) is 25.5 Å². The number of hydrogen-bond donors (Lipinski definition) is 1. The zero-order valence-corrected chi connectivity index (χ0v) is 12.5. The molecule has 5 nitrogen and oxygen atoms in total. The quantitative estimate of drug-likeness (QED) is 0.847. The van der Waals surface area contributed by atoms with Crippen molar-refractivity contribution in [3.8, 4) is 0 Å². The van der Waals surface area contributed by atoms with Gasteiger partial charge in [0.25, 0.3) is 0 Å². The minimum atomic E-state index is 0.606. The molecular formula is C14H27N5. The molecule has 2 heterocycles. The van der Waals surface area contributed by atoms with Crippen molar-refractivity contribution >= 4 is 0 Å². The summed E-state index contributed by atoms with van der Waals surface area (Å²) >= 11 is 0. The predicted octanol–water partition coefficient (Wildman–Crippen LogP) is 1.51. The van der Waals surface area contributed by atoms with Gasteiger partial charge in [-0.05, 0) is 32.4 Å². The number of hydrogen-bond acceptors (Lipinski definition) is 4. The van der Waals surface area contributed by atoms with E-state index >= 15 is 0 Å². The van der Waals surface area contributed by atoms with E-state index in [1.165, 1.54) is 25.8 Å². The van der Waals surface area contributed by atoms with Crippen LogP contribution in [0, 0.1) is 5.92 Å². The van der Waals surface area contributed by atoms with Crippen LogP contribution >= 0.6 is 0 Å². The third kappa shape index (κ3) is 4.01. The molecule has 0 saturated carbocycles. The first kappa shape index (κ1) is 14.5. The summed E-state index contributed by atoms with van der Waals surface area (Å²) in [5.74, 6) is 1.71. The molecule has 0 aromatic carbocycles. The van der Waals surface area contributed by atoms with Gasteiger partial charge in [-0.15, -0.1) is 0 Å². The van der Waals surface area contributed by atoms with Crippen LogP contribution in [0.25, 0.3) is 0 Å². The lowest BCUT2D eigenvalue weighted by Gasteiger charge is -2.35. The number of likely N-dealkylation sites (tertiary alicyclic amines) is 1. The topological polar surface area (TPSA) is 46.0 Å². The van der Waals surface area contributed by atoms with E-state index in [1.54, 1.807) is 6.33 Å². The summed E-state index contributed by atoms with van der Waals surface area (Å²) in [7, 11) is 2.04. The van der Waals surface area contributed by atoms with Gasteiger partial charge in [0.1, 0.15) is 12.2 Å². The van der Waals surface area contributed by atoms with Crippen molar-refractivity contribution in [2.24, 2.45) is 5.92 Å². The second-order valence-corrected chi connectivity index (χ2v) is 5.93. The smallest absolute Gasteiger partial charge is 0.141 e. The van der Waals surface area contributed by atoms with Crippen LogP contribution in [0.1, 0.15) is 38.9 Å². The van der Waals surface area contributed by atoms with Crippen molar-refractivity contribution in [1.29, 1.82) is 0 Å². The maximum Gasteiger partial charge on any atom is 0.141 e. The van der Waals surface area contributed by atoms with Gasteiger partial charge in [-0.3, -0.25) is 4.90 Å². The number of likely N-dealkylation sites (N-methyl/N-ethyl adjacent to an activating group) is 1. The number of nitrogens with one attached hydrogen (secondary N) is 1. The van der Waals surface area contributed by atoms with Crippen LogP contribution in [0.5, 0.6) is 0 Å². The molecule has 0 amide bonds. The number of nitrogens with zero attached hydrogens (tertiary/aromatic N) is 4. The van der Waals surface area contributed by atoms with Crippen LogP contribution in [-0.2, 0) is 13.1 Å². The lowest BCUT2D eigenvalue weighted by Crippen LogP contribution is -2.44. The Balaban J connectivity index is 2.00. The standard InChI is InChI=1S/C14H27N5/c1-12(2)9-19-14(16-11-17-19)10-18-7-5-4-6-13(18)8-15-3/h11-13,15H,4-10H2,1-3H3. The van der Waals surface area contributed by atoms with Crippen LogP contribution in [0.2, 0.25) is 0 Å². The van der Waals surface area contributed by atoms with Crippen molar-refractivity contribution in [1.82, 2.24) is 25.0 Å². The summed E-state index contributed by atoms with van der Waals surface area (Å²) in [6.07, 6.45) is 5.63. The molecule has 19 heavy (non-hydrogen) atoms. The largest absolute Gasteiger partial charge is 0.318 e. The van der Waals surface area contributed by atoms with Gasteiger partial charge >= 0.3 is 0 Å². The minimum absolute atomic E-state index is 0.606. The fourth-order valence-electron chi connectivity index (χ4n) is 2.83.